The number of carbonyl (C=O) groups excluding carboxylic acids is 2. The highest BCUT2D eigenvalue weighted by Gasteiger charge is 2.23. The molecule has 2 amide bonds. The first-order valence-corrected chi connectivity index (χ1v) is 14.5. The van der Waals surface area contributed by atoms with Crippen LogP contribution < -0.4 is 20.4 Å². The Balaban J connectivity index is 1.21. The molecule has 5 aromatic rings. The monoisotopic (exact) mass is 590 g/mol. The third-order valence-corrected chi connectivity index (χ3v) is 7.87. The summed E-state index contributed by atoms with van der Waals surface area (Å²) in [6.07, 6.45) is 1.69. The first kappa shape index (κ1) is 28.6. The summed E-state index contributed by atoms with van der Waals surface area (Å²) in [7, 11) is 0. The number of benzene rings is 3. The lowest BCUT2D eigenvalue weighted by Gasteiger charge is -2.38. The molecular formula is C34H34N6O4. The molecule has 0 spiro atoms. The number of rotatable bonds is 8. The van der Waals surface area contributed by atoms with Crippen LogP contribution in [0.5, 0.6) is 5.75 Å². The molecule has 0 atom stereocenters. The van der Waals surface area contributed by atoms with E-state index in [4.69, 9.17) is 4.42 Å². The van der Waals surface area contributed by atoms with Gasteiger partial charge in [-0.15, -0.1) is 0 Å². The maximum atomic E-state index is 13.3. The molecule has 10 heteroatoms. The molecule has 1 aliphatic heterocycles. The normalized spacial score (nSPS) is 13.1. The fourth-order valence-corrected chi connectivity index (χ4v) is 5.51. The van der Waals surface area contributed by atoms with Crippen molar-refractivity contribution in [2.45, 2.75) is 20.4 Å². The number of furan rings is 1. The quantitative estimate of drug-likeness (QED) is 0.188. The Kier molecular flexibility index (Phi) is 8.05. The van der Waals surface area contributed by atoms with Crippen LogP contribution in [0.4, 0.5) is 17.1 Å². The first-order chi connectivity index (χ1) is 21.4. The number of aromatic nitrogens is 2. The minimum atomic E-state index is -0.383. The van der Waals surface area contributed by atoms with Crippen molar-refractivity contribution in [2.24, 2.45) is 0 Å². The number of nitrogens with one attached hydrogen (secondary N) is 3. The average molecular weight is 591 g/mol. The zero-order chi connectivity index (χ0) is 30.6. The Hall–Kier alpha value is -5.51. The van der Waals surface area contributed by atoms with Crippen molar-refractivity contribution in [1.82, 2.24) is 15.5 Å². The SMILES string of the molecule is Cc1ccc(C(=O)Nc2cc(C(=O)NCc3[nH]ncc3-c3ccc(O)cc3)ccc2N2CCN(c3ccccc3C)CC2)o1. The first-order valence-electron chi connectivity index (χ1n) is 14.5. The van der Waals surface area contributed by atoms with E-state index in [9.17, 15) is 14.7 Å². The summed E-state index contributed by atoms with van der Waals surface area (Å²) in [4.78, 5) is 31.1. The third-order valence-electron chi connectivity index (χ3n) is 7.87. The number of aromatic hydroxyl groups is 1. The van der Waals surface area contributed by atoms with E-state index in [-0.39, 0.29) is 29.9 Å². The zero-order valence-electron chi connectivity index (χ0n) is 24.6. The van der Waals surface area contributed by atoms with Crippen LogP contribution >= 0.6 is 0 Å². The van der Waals surface area contributed by atoms with E-state index in [0.717, 1.165) is 48.7 Å². The minimum absolute atomic E-state index is 0.175. The van der Waals surface area contributed by atoms with Crippen molar-refractivity contribution in [2.75, 3.05) is 41.3 Å². The molecule has 10 nitrogen and oxygen atoms in total. The fraction of sp³-hybridized carbons (Fsp3) is 0.206. The van der Waals surface area contributed by atoms with E-state index in [0.29, 0.717) is 17.0 Å². The lowest BCUT2D eigenvalue weighted by Crippen LogP contribution is -2.47. The molecule has 0 saturated carbocycles. The molecule has 224 valence electrons. The van der Waals surface area contributed by atoms with Crippen molar-refractivity contribution in [3.05, 3.63) is 113 Å². The van der Waals surface area contributed by atoms with E-state index >= 15 is 0 Å². The molecule has 0 aliphatic carbocycles. The van der Waals surface area contributed by atoms with Crippen molar-refractivity contribution in [1.29, 1.82) is 0 Å². The summed E-state index contributed by atoms with van der Waals surface area (Å²) in [5, 5.41) is 22.7. The average Bonchev–Trinajstić information content (AvgIpc) is 3.70. The van der Waals surface area contributed by atoms with Gasteiger partial charge in [0.2, 0.25) is 0 Å². The van der Waals surface area contributed by atoms with Gasteiger partial charge in [-0.1, -0.05) is 30.3 Å². The summed E-state index contributed by atoms with van der Waals surface area (Å²) < 4.78 is 5.55. The highest BCUT2D eigenvalue weighted by Crippen LogP contribution is 2.31. The number of aryl methyl sites for hydroxylation is 2. The molecular weight excluding hydrogens is 556 g/mol. The fourth-order valence-electron chi connectivity index (χ4n) is 5.51. The second kappa shape index (κ2) is 12.4. The number of piperazine rings is 1. The van der Waals surface area contributed by atoms with Crippen LogP contribution in [0, 0.1) is 13.8 Å². The molecule has 44 heavy (non-hydrogen) atoms. The van der Waals surface area contributed by atoms with Gasteiger partial charge in [-0.2, -0.15) is 5.10 Å². The Labute approximate surface area is 255 Å². The van der Waals surface area contributed by atoms with Crippen LogP contribution in [0.25, 0.3) is 11.1 Å². The molecule has 2 aromatic heterocycles. The molecule has 3 heterocycles. The largest absolute Gasteiger partial charge is 0.508 e. The van der Waals surface area contributed by atoms with Crippen LogP contribution in [0.2, 0.25) is 0 Å². The van der Waals surface area contributed by atoms with Gasteiger partial charge >= 0.3 is 0 Å². The van der Waals surface area contributed by atoms with E-state index in [2.05, 4.69) is 55.8 Å². The van der Waals surface area contributed by atoms with Crippen LogP contribution in [0.15, 0.2) is 89.5 Å². The van der Waals surface area contributed by atoms with Gasteiger partial charge < -0.3 is 30.0 Å². The predicted octanol–water partition coefficient (Wildman–Crippen LogP) is 5.50. The number of phenolic OH excluding ortho intramolecular Hbond substituents is 1. The van der Waals surface area contributed by atoms with Crippen LogP contribution in [0.3, 0.4) is 0 Å². The van der Waals surface area contributed by atoms with E-state index in [1.165, 1.54) is 11.3 Å². The number of nitrogens with zero attached hydrogens (tertiary/aromatic N) is 3. The predicted molar refractivity (Wildman–Crippen MR) is 170 cm³/mol. The van der Waals surface area contributed by atoms with Crippen molar-refractivity contribution in [3.8, 4) is 16.9 Å². The number of para-hydroxylation sites is 1. The molecule has 1 aliphatic rings. The lowest BCUT2D eigenvalue weighted by atomic mass is 10.1. The van der Waals surface area contributed by atoms with Gasteiger partial charge in [0.15, 0.2) is 5.76 Å². The molecule has 1 fully saturated rings. The van der Waals surface area contributed by atoms with Gasteiger partial charge in [0, 0.05) is 43.0 Å². The van der Waals surface area contributed by atoms with Crippen LogP contribution in [0.1, 0.15) is 37.9 Å². The van der Waals surface area contributed by atoms with E-state index in [1.807, 2.05) is 12.1 Å². The maximum Gasteiger partial charge on any atom is 0.291 e. The Morgan fingerprint density at radius 2 is 1.61 bits per heavy atom. The summed E-state index contributed by atoms with van der Waals surface area (Å²) in [5.41, 5.74) is 6.67. The van der Waals surface area contributed by atoms with Crippen molar-refractivity contribution in [3.63, 3.8) is 0 Å². The summed E-state index contributed by atoms with van der Waals surface area (Å²) in [6.45, 7) is 7.27. The number of carbonyl (C=O) groups is 2. The topological polar surface area (TPSA) is 127 Å². The standard InChI is InChI=1S/C34H34N6O4/c1-22-5-3-4-6-30(22)39-15-17-40(18-16-39)31-13-10-25(19-28(31)37-34(43)32-14-7-23(2)44-32)33(42)35-21-29-27(20-36-38-29)24-8-11-26(41)12-9-24/h3-14,19-20,41H,15-18,21H2,1-2H3,(H,35,42)(H,36,38)(H,37,43). The molecule has 0 bridgehead atoms. The Morgan fingerprint density at radius 1 is 0.886 bits per heavy atom. The molecule has 3 aromatic carbocycles. The second-order valence-electron chi connectivity index (χ2n) is 10.8. The number of phenols is 1. The van der Waals surface area contributed by atoms with E-state index in [1.54, 1.807) is 61.7 Å². The van der Waals surface area contributed by atoms with Crippen molar-refractivity contribution < 1.29 is 19.1 Å². The Morgan fingerprint density at radius 3 is 2.32 bits per heavy atom. The van der Waals surface area contributed by atoms with Gasteiger partial charge in [-0.3, -0.25) is 14.7 Å². The van der Waals surface area contributed by atoms with Gasteiger partial charge in [0.25, 0.3) is 11.8 Å². The molecule has 6 rings (SSSR count). The third kappa shape index (κ3) is 6.14. The maximum absolute atomic E-state index is 13.3. The minimum Gasteiger partial charge on any atom is -0.508 e. The van der Waals surface area contributed by atoms with Crippen LogP contribution in [-0.4, -0.2) is 53.3 Å². The highest BCUT2D eigenvalue weighted by atomic mass is 16.3. The second-order valence-corrected chi connectivity index (χ2v) is 10.8. The highest BCUT2D eigenvalue weighted by molar-refractivity contribution is 6.05. The zero-order valence-corrected chi connectivity index (χ0v) is 24.6. The smallest absolute Gasteiger partial charge is 0.291 e. The number of H-pyrrole nitrogens is 1. The summed E-state index contributed by atoms with van der Waals surface area (Å²) in [6, 6.07) is 23.9. The molecule has 1 saturated heterocycles. The number of amides is 2. The van der Waals surface area contributed by atoms with Gasteiger partial charge in [-0.25, -0.2) is 0 Å². The number of hydrogen-bond acceptors (Lipinski definition) is 7. The molecule has 0 radical (unpaired) electrons. The summed E-state index contributed by atoms with van der Waals surface area (Å²) >= 11 is 0. The summed E-state index contributed by atoms with van der Waals surface area (Å²) in [5.74, 6) is 0.340. The van der Waals surface area contributed by atoms with Gasteiger partial charge in [0.1, 0.15) is 11.5 Å². The number of anilines is 3. The number of aromatic amines is 1. The van der Waals surface area contributed by atoms with Crippen molar-refractivity contribution >= 4 is 28.9 Å². The lowest BCUT2D eigenvalue weighted by molar-refractivity contribution is 0.0948. The molecule has 0 unspecified atom stereocenters. The molecule has 4 N–H and O–H groups in total. The van der Waals surface area contributed by atoms with Gasteiger partial charge in [-0.05, 0) is 73.5 Å². The van der Waals surface area contributed by atoms with Gasteiger partial charge in [0.05, 0.1) is 29.8 Å². The van der Waals surface area contributed by atoms with Crippen LogP contribution in [-0.2, 0) is 6.54 Å². The number of hydrogen-bond donors (Lipinski definition) is 4. The van der Waals surface area contributed by atoms with E-state index < -0.39 is 0 Å². The Bertz CT molecular complexity index is 1780.